The fourth-order valence-electron chi connectivity index (χ4n) is 3.79. The minimum Gasteiger partial charge on any atom is -0.496 e. The molecule has 3 nitrogen and oxygen atoms in total. The number of hydrogen-bond acceptors (Lipinski definition) is 3. The first-order valence-corrected chi connectivity index (χ1v) is 10.4. The third kappa shape index (κ3) is 4.23. The molecule has 1 heterocycles. The monoisotopic (exact) mass is 436 g/mol. The number of benzene rings is 2. The SMILES string of the molecule is O=C1C(c2ccc(Cl)cc2)=COC2CC(OCc3ccc(Cl)cc3Cl)CCC12. The summed E-state index contributed by atoms with van der Waals surface area (Å²) < 4.78 is 12.0. The minimum atomic E-state index is -0.150. The maximum Gasteiger partial charge on any atom is 0.173 e. The summed E-state index contributed by atoms with van der Waals surface area (Å²) in [7, 11) is 0. The summed E-state index contributed by atoms with van der Waals surface area (Å²) in [5, 5.41) is 1.84. The Morgan fingerprint density at radius 3 is 2.50 bits per heavy atom. The highest BCUT2D eigenvalue weighted by Crippen LogP contribution is 2.37. The van der Waals surface area contributed by atoms with Gasteiger partial charge >= 0.3 is 0 Å². The third-order valence-electron chi connectivity index (χ3n) is 5.35. The molecule has 3 atom stereocenters. The Bertz CT molecular complexity index is 908. The summed E-state index contributed by atoms with van der Waals surface area (Å²) in [6.07, 6.45) is 3.72. The van der Waals surface area contributed by atoms with Crippen LogP contribution in [0.15, 0.2) is 48.7 Å². The van der Waals surface area contributed by atoms with Crippen molar-refractivity contribution in [3.63, 3.8) is 0 Å². The molecule has 1 saturated carbocycles. The summed E-state index contributed by atoms with van der Waals surface area (Å²) in [6, 6.07) is 12.6. The molecule has 0 spiro atoms. The Hall–Kier alpha value is -1.52. The first-order valence-electron chi connectivity index (χ1n) is 9.22. The highest BCUT2D eigenvalue weighted by atomic mass is 35.5. The van der Waals surface area contributed by atoms with Gasteiger partial charge in [0, 0.05) is 21.5 Å². The van der Waals surface area contributed by atoms with Gasteiger partial charge < -0.3 is 9.47 Å². The number of carbonyl (C=O) groups is 1. The molecule has 0 aromatic heterocycles. The maximum absolute atomic E-state index is 13.0. The first kappa shape index (κ1) is 19.8. The molecule has 28 heavy (non-hydrogen) atoms. The second kappa shape index (κ2) is 8.46. The molecule has 3 unspecified atom stereocenters. The van der Waals surface area contributed by atoms with E-state index in [-0.39, 0.29) is 23.9 Å². The van der Waals surface area contributed by atoms with Crippen molar-refractivity contribution < 1.29 is 14.3 Å². The molecule has 0 N–H and O–H groups in total. The van der Waals surface area contributed by atoms with E-state index in [0.717, 1.165) is 24.0 Å². The third-order valence-corrected chi connectivity index (χ3v) is 6.19. The second-order valence-electron chi connectivity index (χ2n) is 7.17. The zero-order chi connectivity index (χ0) is 19.7. The number of ketones is 1. The Morgan fingerprint density at radius 2 is 1.75 bits per heavy atom. The number of carbonyl (C=O) groups excluding carboxylic acids is 1. The van der Waals surface area contributed by atoms with E-state index in [1.165, 1.54) is 0 Å². The molecule has 2 aliphatic rings. The van der Waals surface area contributed by atoms with Gasteiger partial charge in [0.1, 0.15) is 6.10 Å². The number of halogens is 3. The zero-order valence-electron chi connectivity index (χ0n) is 15.0. The van der Waals surface area contributed by atoms with Crippen LogP contribution in [-0.2, 0) is 20.9 Å². The molecule has 0 amide bonds. The topological polar surface area (TPSA) is 35.5 Å². The molecule has 1 aliphatic carbocycles. The van der Waals surface area contributed by atoms with Gasteiger partial charge in [-0.1, -0.05) is 53.0 Å². The van der Waals surface area contributed by atoms with E-state index < -0.39 is 0 Å². The highest BCUT2D eigenvalue weighted by molar-refractivity contribution is 6.35. The van der Waals surface area contributed by atoms with Crippen LogP contribution in [0.5, 0.6) is 0 Å². The lowest BCUT2D eigenvalue weighted by Crippen LogP contribution is -2.41. The van der Waals surface area contributed by atoms with E-state index >= 15 is 0 Å². The van der Waals surface area contributed by atoms with Crippen LogP contribution in [0, 0.1) is 5.92 Å². The van der Waals surface area contributed by atoms with Gasteiger partial charge in [-0.25, -0.2) is 0 Å². The van der Waals surface area contributed by atoms with Gasteiger partial charge in [0.25, 0.3) is 0 Å². The standard InChI is InChI=1S/C22H19Cl3O3/c23-15-4-1-13(2-5-15)19-12-28-21-10-17(7-8-18(21)22(19)26)27-11-14-3-6-16(24)9-20(14)25/h1-6,9,12,17-18,21H,7-8,10-11H2. The molecule has 0 saturated heterocycles. The summed E-state index contributed by atoms with van der Waals surface area (Å²) >= 11 is 18.1. The lowest BCUT2D eigenvalue weighted by Gasteiger charge is -2.37. The van der Waals surface area contributed by atoms with Crippen molar-refractivity contribution >= 4 is 46.2 Å². The molecular weight excluding hydrogens is 419 g/mol. The number of allylic oxidation sites excluding steroid dienone is 1. The van der Waals surface area contributed by atoms with Gasteiger partial charge in [-0.05, 0) is 48.2 Å². The molecule has 4 rings (SSSR count). The normalized spacial score (nSPS) is 24.3. The van der Waals surface area contributed by atoms with Crippen molar-refractivity contribution in [2.24, 2.45) is 5.92 Å². The fraction of sp³-hybridized carbons (Fsp3) is 0.318. The van der Waals surface area contributed by atoms with E-state index in [2.05, 4.69) is 0 Å². The largest absolute Gasteiger partial charge is 0.496 e. The zero-order valence-corrected chi connectivity index (χ0v) is 17.3. The Morgan fingerprint density at radius 1 is 1.00 bits per heavy atom. The number of ether oxygens (including phenoxy) is 2. The van der Waals surface area contributed by atoms with Gasteiger partial charge in [0.15, 0.2) is 5.78 Å². The van der Waals surface area contributed by atoms with E-state index in [9.17, 15) is 4.79 Å². The number of fused-ring (bicyclic) bond motifs is 1. The Kier molecular flexibility index (Phi) is 5.98. The van der Waals surface area contributed by atoms with Crippen molar-refractivity contribution in [1.29, 1.82) is 0 Å². The van der Waals surface area contributed by atoms with E-state index in [1.54, 1.807) is 30.5 Å². The van der Waals surface area contributed by atoms with Gasteiger partial charge in [-0.15, -0.1) is 0 Å². The first-order chi connectivity index (χ1) is 13.5. The predicted octanol–water partition coefficient (Wildman–Crippen LogP) is 6.34. The molecular formula is C22H19Cl3O3. The summed E-state index contributed by atoms with van der Waals surface area (Å²) in [4.78, 5) is 13.0. The molecule has 2 aromatic carbocycles. The average molecular weight is 438 g/mol. The van der Waals surface area contributed by atoms with E-state index in [0.29, 0.717) is 33.7 Å². The van der Waals surface area contributed by atoms with E-state index in [4.69, 9.17) is 44.3 Å². The molecule has 146 valence electrons. The number of Topliss-reactive ketones (excluding diaryl/α,β-unsaturated/α-hetero) is 1. The van der Waals surface area contributed by atoms with Crippen LogP contribution in [0.4, 0.5) is 0 Å². The van der Waals surface area contributed by atoms with Gasteiger partial charge in [0.2, 0.25) is 0 Å². The van der Waals surface area contributed by atoms with Crippen LogP contribution < -0.4 is 0 Å². The van der Waals surface area contributed by atoms with Crippen LogP contribution in [0.25, 0.3) is 5.57 Å². The van der Waals surface area contributed by atoms with Crippen molar-refractivity contribution in [3.8, 4) is 0 Å². The molecule has 1 fully saturated rings. The van der Waals surface area contributed by atoms with Crippen LogP contribution in [0.3, 0.4) is 0 Å². The number of rotatable bonds is 4. The molecule has 0 bridgehead atoms. The lowest BCUT2D eigenvalue weighted by molar-refractivity contribution is -0.128. The van der Waals surface area contributed by atoms with Crippen LogP contribution >= 0.6 is 34.8 Å². The summed E-state index contributed by atoms with van der Waals surface area (Å²) in [6.45, 7) is 0.415. The molecule has 6 heteroatoms. The van der Waals surface area contributed by atoms with Crippen LogP contribution in [0.2, 0.25) is 15.1 Å². The highest BCUT2D eigenvalue weighted by Gasteiger charge is 2.40. The van der Waals surface area contributed by atoms with Crippen molar-refractivity contribution in [1.82, 2.24) is 0 Å². The van der Waals surface area contributed by atoms with Gasteiger partial charge in [-0.3, -0.25) is 4.79 Å². The van der Waals surface area contributed by atoms with Crippen molar-refractivity contribution in [2.75, 3.05) is 0 Å². The predicted molar refractivity (Wildman–Crippen MR) is 112 cm³/mol. The van der Waals surface area contributed by atoms with Crippen molar-refractivity contribution in [2.45, 2.75) is 38.1 Å². The smallest absolute Gasteiger partial charge is 0.173 e. The summed E-state index contributed by atoms with van der Waals surface area (Å²) in [5.74, 6) is 0.00687. The van der Waals surface area contributed by atoms with Gasteiger partial charge in [0.05, 0.1) is 30.5 Å². The van der Waals surface area contributed by atoms with Gasteiger partial charge in [-0.2, -0.15) is 0 Å². The maximum atomic E-state index is 13.0. The average Bonchev–Trinajstić information content (AvgIpc) is 2.68. The molecule has 1 aliphatic heterocycles. The fourth-order valence-corrected chi connectivity index (χ4v) is 4.38. The van der Waals surface area contributed by atoms with Crippen LogP contribution in [-0.4, -0.2) is 18.0 Å². The van der Waals surface area contributed by atoms with Crippen LogP contribution in [0.1, 0.15) is 30.4 Å². The summed E-state index contributed by atoms with van der Waals surface area (Å²) in [5.41, 5.74) is 2.35. The van der Waals surface area contributed by atoms with Crippen molar-refractivity contribution in [3.05, 3.63) is 74.9 Å². The molecule has 2 aromatic rings. The lowest BCUT2D eigenvalue weighted by atomic mass is 9.78. The second-order valence-corrected chi connectivity index (χ2v) is 8.45. The van der Waals surface area contributed by atoms with E-state index in [1.807, 2.05) is 18.2 Å². The minimum absolute atomic E-state index is 0.0336. The Balaban J connectivity index is 1.40. The molecule has 0 radical (unpaired) electrons. The number of hydrogen-bond donors (Lipinski definition) is 0. The quantitative estimate of drug-likeness (QED) is 0.560. The Labute approximate surface area is 179 Å².